The van der Waals surface area contributed by atoms with E-state index < -0.39 is 0 Å². The van der Waals surface area contributed by atoms with Crippen molar-refractivity contribution in [1.29, 1.82) is 0 Å². The quantitative estimate of drug-likeness (QED) is 0.810. The summed E-state index contributed by atoms with van der Waals surface area (Å²) < 4.78 is 5.81. The zero-order chi connectivity index (χ0) is 14.9. The maximum atomic E-state index is 12.5. The second-order valence-corrected chi connectivity index (χ2v) is 5.56. The lowest BCUT2D eigenvalue weighted by Crippen LogP contribution is -2.37. The van der Waals surface area contributed by atoms with Crippen LogP contribution in [0.2, 0.25) is 0 Å². The van der Waals surface area contributed by atoms with E-state index >= 15 is 0 Å². The molecule has 2 heterocycles. The topological polar surface area (TPSA) is 41.9 Å². The van der Waals surface area contributed by atoms with Gasteiger partial charge in [-0.15, -0.1) is 0 Å². The summed E-state index contributed by atoms with van der Waals surface area (Å²) in [4.78, 5) is 12.5. The number of rotatable bonds is 1. The number of hydrogen-bond acceptors (Lipinski definition) is 3. The second kappa shape index (κ2) is 5.30. The van der Waals surface area contributed by atoms with Crippen molar-refractivity contribution in [3.63, 3.8) is 0 Å². The number of nitrogens with zero attached hydrogens (tertiary/aromatic N) is 2. The highest BCUT2D eigenvalue weighted by atomic mass is 16.5. The van der Waals surface area contributed by atoms with Gasteiger partial charge in [-0.2, -0.15) is 5.10 Å². The van der Waals surface area contributed by atoms with Crippen molar-refractivity contribution < 1.29 is 9.53 Å². The zero-order valence-electron chi connectivity index (χ0n) is 12.1. The van der Waals surface area contributed by atoms with Gasteiger partial charge >= 0.3 is 0 Å². The fraction of sp³-hybridized carbons (Fsp3) is 0.222. The van der Waals surface area contributed by atoms with E-state index in [0.717, 1.165) is 29.1 Å². The van der Waals surface area contributed by atoms with E-state index in [2.05, 4.69) is 5.10 Å². The Bertz CT molecular complexity index is 740. The SMILES string of the molecule is O=C1CC2CCOc3ccccc3C2=NN1c1ccccc1. The Morgan fingerprint density at radius 3 is 2.68 bits per heavy atom. The largest absolute Gasteiger partial charge is 0.493 e. The molecule has 22 heavy (non-hydrogen) atoms. The first-order chi connectivity index (χ1) is 10.8. The number of hydrazone groups is 1. The van der Waals surface area contributed by atoms with Gasteiger partial charge in [0.25, 0.3) is 0 Å². The van der Waals surface area contributed by atoms with Crippen LogP contribution in [-0.2, 0) is 4.79 Å². The highest BCUT2D eigenvalue weighted by Gasteiger charge is 2.33. The van der Waals surface area contributed by atoms with E-state index in [1.807, 2.05) is 54.6 Å². The molecule has 0 radical (unpaired) electrons. The van der Waals surface area contributed by atoms with Crippen molar-refractivity contribution in [3.8, 4) is 5.75 Å². The number of hydrogen-bond donors (Lipinski definition) is 0. The lowest BCUT2D eigenvalue weighted by Gasteiger charge is -2.28. The van der Waals surface area contributed by atoms with Crippen LogP contribution in [0.3, 0.4) is 0 Å². The van der Waals surface area contributed by atoms with Crippen molar-refractivity contribution >= 4 is 17.3 Å². The molecular formula is C18H16N2O2. The summed E-state index contributed by atoms with van der Waals surface area (Å²) >= 11 is 0. The summed E-state index contributed by atoms with van der Waals surface area (Å²) in [6, 6.07) is 17.5. The van der Waals surface area contributed by atoms with E-state index in [1.165, 1.54) is 5.01 Å². The Morgan fingerprint density at radius 2 is 1.82 bits per heavy atom. The number of carbonyl (C=O) groups excluding carboxylic acids is 1. The van der Waals surface area contributed by atoms with Gasteiger partial charge in [0.1, 0.15) is 5.75 Å². The molecule has 4 nitrogen and oxygen atoms in total. The summed E-state index contributed by atoms with van der Waals surface area (Å²) in [7, 11) is 0. The molecule has 1 amide bonds. The Labute approximate surface area is 129 Å². The summed E-state index contributed by atoms with van der Waals surface area (Å²) in [5, 5.41) is 6.20. The third kappa shape index (κ3) is 2.17. The van der Waals surface area contributed by atoms with Gasteiger partial charge in [0.05, 0.1) is 18.0 Å². The number of para-hydroxylation sites is 2. The molecule has 0 aromatic heterocycles. The Balaban J connectivity index is 1.83. The average Bonchev–Trinajstić information content (AvgIpc) is 2.74. The van der Waals surface area contributed by atoms with Gasteiger partial charge in [0.15, 0.2) is 0 Å². The summed E-state index contributed by atoms with van der Waals surface area (Å²) in [6.07, 6.45) is 1.30. The molecule has 0 saturated carbocycles. The van der Waals surface area contributed by atoms with E-state index in [0.29, 0.717) is 13.0 Å². The first-order valence-corrected chi connectivity index (χ1v) is 7.51. The number of benzene rings is 2. The van der Waals surface area contributed by atoms with Crippen LogP contribution in [0.15, 0.2) is 59.7 Å². The van der Waals surface area contributed by atoms with Crippen LogP contribution in [0.4, 0.5) is 5.69 Å². The molecule has 1 unspecified atom stereocenters. The number of carbonyl (C=O) groups is 1. The van der Waals surface area contributed by atoms with Gasteiger partial charge in [0.2, 0.25) is 5.91 Å². The molecule has 2 aromatic carbocycles. The molecule has 0 aliphatic carbocycles. The lowest BCUT2D eigenvalue weighted by molar-refractivity contribution is -0.119. The van der Waals surface area contributed by atoms with Crippen LogP contribution in [-0.4, -0.2) is 18.2 Å². The molecule has 2 aliphatic rings. The van der Waals surface area contributed by atoms with Crippen LogP contribution < -0.4 is 9.75 Å². The first kappa shape index (κ1) is 13.1. The summed E-state index contributed by atoms with van der Waals surface area (Å²) in [5.74, 6) is 1.03. The molecule has 4 heteroatoms. The number of amides is 1. The van der Waals surface area contributed by atoms with Crippen LogP contribution in [0.25, 0.3) is 0 Å². The standard InChI is InChI=1S/C18H16N2O2/c21-17-12-13-10-11-22-16-9-5-4-8-15(16)18(13)19-20(17)14-6-2-1-3-7-14/h1-9,13H,10-12H2. The molecule has 0 saturated heterocycles. The smallest absolute Gasteiger partial charge is 0.248 e. The van der Waals surface area contributed by atoms with Crippen molar-refractivity contribution in [2.75, 3.05) is 11.6 Å². The zero-order valence-corrected chi connectivity index (χ0v) is 12.1. The predicted molar refractivity (Wildman–Crippen MR) is 85.1 cm³/mol. The number of ether oxygens (including phenoxy) is 1. The van der Waals surface area contributed by atoms with E-state index in [-0.39, 0.29) is 11.8 Å². The molecule has 1 atom stereocenters. The predicted octanol–water partition coefficient (Wildman–Crippen LogP) is 3.23. The van der Waals surface area contributed by atoms with Crippen LogP contribution in [0.1, 0.15) is 18.4 Å². The molecule has 2 aliphatic heterocycles. The van der Waals surface area contributed by atoms with E-state index in [9.17, 15) is 4.79 Å². The van der Waals surface area contributed by atoms with Gasteiger partial charge < -0.3 is 4.74 Å². The van der Waals surface area contributed by atoms with Crippen LogP contribution >= 0.6 is 0 Å². The Hall–Kier alpha value is -2.62. The third-order valence-corrected chi connectivity index (χ3v) is 4.14. The summed E-state index contributed by atoms with van der Waals surface area (Å²) in [6.45, 7) is 0.624. The molecule has 0 spiro atoms. The molecule has 0 bridgehead atoms. The first-order valence-electron chi connectivity index (χ1n) is 7.51. The summed E-state index contributed by atoms with van der Waals surface area (Å²) in [5.41, 5.74) is 2.76. The average molecular weight is 292 g/mol. The van der Waals surface area contributed by atoms with Gasteiger partial charge in [-0.25, -0.2) is 5.01 Å². The monoisotopic (exact) mass is 292 g/mol. The van der Waals surface area contributed by atoms with Crippen molar-refractivity contribution in [2.24, 2.45) is 11.0 Å². The second-order valence-electron chi connectivity index (χ2n) is 5.56. The highest BCUT2D eigenvalue weighted by molar-refractivity contribution is 6.11. The van der Waals surface area contributed by atoms with E-state index in [1.54, 1.807) is 0 Å². The number of anilines is 1. The van der Waals surface area contributed by atoms with Crippen LogP contribution in [0, 0.1) is 5.92 Å². The minimum Gasteiger partial charge on any atom is -0.493 e. The maximum Gasteiger partial charge on any atom is 0.248 e. The van der Waals surface area contributed by atoms with Crippen molar-refractivity contribution in [1.82, 2.24) is 0 Å². The van der Waals surface area contributed by atoms with Gasteiger partial charge in [-0.1, -0.05) is 30.3 Å². The number of fused-ring (bicyclic) bond motifs is 3. The molecule has 0 fully saturated rings. The lowest BCUT2D eigenvalue weighted by atomic mass is 9.90. The molecular weight excluding hydrogens is 276 g/mol. The third-order valence-electron chi connectivity index (χ3n) is 4.14. The van der Waals surface area contributed by atoms with Gasteiger partial charge in [-0.3, -0.25) is 4.79 Å². The minimum absolute atomic E-state index is 0.0410. The normalized spacial score (nSPS) is 20.4. The molecule has 4 rings (SSSR count). The Kier molecular flexibility index (Phi) is 3.15. The van der Waals surface area contributed by atoms with Crippen molar-refractivity contribution in [3.05, 3.63) is 60.2 Å². The molecule has 110 valence electrons. The molecule has 2 aromatic rings. The fourth-order valence-corrected chi connectivity index (χ4v) is 3.04. The Morgan fingerprint density at radius 1 is 1.05 bits per heavy atom. The highest BCUT2D eigenvalue weighted by Crippen LogP contribution is 2.33. The van der Waals surface area contributed by atoms with Gasteiger partial charge in [0, 0.05) is 17.9 Å². The van der Waals surface area contributed by atoms with E-state index in [4.69, 9.17) is 4.74 Å². The van der Waals surface area contributed by atoms with Gasteiger partial charge in [-0.05, 0) is 30.7 Å². The van der Waals surface area contributed by atoms with Crippen molar-refractivity contribution in [2.45, 2.75) is 12.8 Å². The molecule has 0 N–H and O–H groups in total. The maximum absolute atomic E-state index is 12.5. The minimum atomic E-state index is 0.0410. The fourth-order valence-electron chi connectivity index (χ4n) is 3.04. The van der Waals surface area contributed by atoms with Crippen LogP contribution in [0.5, 0.6) is 5.75 Å².